The first-order valence-electron chi connectivity index (χ1n) is 6.98. The molecule has 2 aromatic rings. The average Bonchev–Trinajstić information content (AvgIpc) is 2.96. The van der Waals surface area contributed by atoms with Gasteiger partial charge in [-0.15, -0.1) is 0 Å². The predicted molar refractivity (Wildman–Crippen MR) is 74.2 cm³/mol. The van der Waals surface area contributed by atoms with Crippen LogP contribution >= 0.6 is 0 Å². The number of hydrogen-bond acceptors (Lipinski definition) is 5. The lowest BCUT2D eigenvalue weighted by Gasteiger charge is -2.23. The van der Waals surface area contributed by atoms with E-state index >= 15 is 0 Å². The third-order valence-corrected chi connectivity index (χ3v) is 3.61. The van der Waals surface area contributed by atoms with Crippen LogP contribution in [0.5, 0.6) is 0 Å². The van der Waals surface area contributed by atoms with E-state index in [1.807, 2.05) is 0 Å². The molecule has 0 spiro atoms. The first-order chi connectivity index (χ1) is 9.86. The van der Waals surface area contributed by atoms with Gasteiger partial charge in [0.2, 0.25) is 5.89 Å². The molecular weight excluding hydrogens is 254 g/mol. The Morgan fingerprint density at radius 2 is 2.20 bits per heavy atom. The van der Waals surface area contributed by atoms with Gasteiger partial charge in [0.05, 0.1) is 6.04 Å². The largest absolute Gasteiger partial charge is 0.385 e. The smallest absolute Gasteiger partial charge is 0.244 e. The van der Waals surface area contributed by atoms with Crippen molar-refractivity contribution in [2.45, 2.75) is 31.8 Å². The van der Waals surface area contributed by atoms with Crippen molar-refractivity contribution < 1.29 is 9.26 Å². The van der Waals surface area contributed by atoms with Gasteiger partial charge in [-0.3, -0.25) is 0 Å². The van der Waals surface area contributed by atoms with Crippen molar-refractivity contribution in [2.24, 2.45) is 0 Å². The van der Waals surface area contributed by atoms with Gasteiger partial charge in [0, 0.05) is 26.7 Å². The van der Waals surface area contributed by atoms with Gasteiger partial charge in [-0.1, -0.05) is 29.4 Å². The summed E-state index contributed by atoms with van der Waals surface area (Å²) in [5.41, 5.74) is 2.71. The molecule has 20 heavy (non-hydrogen) atoms. The lowest BCUT2D eigenvalue weighted by atomic mass is 9.96. The van der Waals surface area contributed by atoms with E-state index in [-0.39, 0.29) is 6.04 Å². The standard InChI is InChI=1S/C15H19N3O2/c1-19-8-4-7-14-17-15(20-18-14)13-9-11-5-2-3-6-12(11)10-16-13/h2-3,5-6,13,16H,4,7-10H2,1H3/t13-/m0/s1. The summed E-state index contributed by atoms with van der Waals surface area (Å²) in [4.78, 5) is 4.48. The van der Waals surface area contributed by atoms with E-state index in [1.165, 1.54) is 11.1 Å². The van der Waals surface area contributed by atoms with E-state index in [0.717, 1.165) is 38.2 Å². The summed E-state index contributed by atoms with van der Waals surface area (Å²) >= 11 is 0. The molecule has 0 amide bonds. The molecule has 0 unspecified atom stereocenters. The topological polar surface area (TPSA) is 60.2 Å². The van der Waals surface area contributed by atoms with Crippen molar-refractivity contribution in [1.82, 2.24) is 15.5 Å². The molecule has 1 aliphatic rings. The SMILES string of the molecule is COCCCc1noc([C@@H]2Cc3ccccc3CN2)n1. The highest BCUT2D eigenvalue weighted by Crippen LogP contribution is 2.24. The van der Waals surface area contributed by atoms with Crippen LogP contribution in [0.2, 0.25) is 0 Å². The van der Waals surface area contributed by atoms with Crippen LogP contribution in [0.25, 0.3) is 0 Å². The molecule has 0 fully saturated rings. The van der Waals surface area contributed by atoms with E-state index in [9.17, 15) is 0 Å². The first kappa shape index (κ1) is 13.3. The van der Waals surface area contributed by atoms with E-state index in [4.69, 9.17) is 9.26 Å². The molecule has 1 atom stereocenters. The van der Waals surface area contributed by atoms with Gasteiger partial charge in [-0.05, 0) is 24.0 Å². The molecule has 0 bridgehead atoms. The van der Waals surface area contributed by atoms with Crippen molar-refractivity contribution >= 4 is 0 Å². The van der Waals surface area contributed by atoms with E-state index in [1.54, 1.807) is 7.11 Å². The average molecular weight is 273 g/mol. The van der Waals surface area contributed by atoms with Crippen LogP contribution < -0.4 is 5.32 Å². The van der Waals surface area contributed by atoms with E-state index < -0.39 is 0 Å². The van der Waals surface area contributed by atoms with Crippen molar-refractivity contribution in [3.05, 3.63) is 47.1 Å². The number of hydrogen-bond donors (Lipinski definition) is 1. The van der Waals surface area contributed by atoms with Gasteiger partial charge in [-0.2, -0.15) is 4.98 Å². The zero-order valence-corrected chi connectivity index (χ0v) is 11.6. The molecule has 0 aliphatic carbocycles. The van der Waals surface area contributed by atoms with Gasteiger partial charge < -0.3 is 14.6 Å². The van der Waals surface area contributed by atoms with Crippen LogP contribution in [0, 0.1) is 0 Å². The summed E-state index contributed by atoms with van der Waals surface area (Å²) < 4.78 is 10.4. The highest BCUT2D eigenvalue weighted by Gasteiger charge is 2.23. The molecule has 1 aromatic heterocycles. The second-order valence-electron chi connectivity index (χ2n) is 5.05. The van der Waals surface area contributed by atoms with Gasteiger partial charge >= 0.3 is 0 Å². The van der Waals surface area contributed by atoms with Gasteiger partial charge in [0.25, 0.3) is 0 Å². The normalized spacial score (nSPS) is 17.9. The number of methoxy groups -OCH3 is 1. The fourth-order valence-electron chi connectivity index (χ4n) is 2.51. The zero-order valence-electron chi connectivity index (χ0n) is 11.6. The Hall–Kier alpha value is -1.72. The Labute approximate surface area is 118 Å². The molecule has 1 aromatic carbocycles. The number of nitrogens with zero attached hydrogens (tertiary/aromatic N) is 2. The Morgan fingerprint density at radius 3 is 3.05 bits per heavy atom. The maximum Gasteiger partial charge on any atom is 0.244 e. The number of nitrogens with one attached hydrogen (secondary N) is 1. The molecule has 3 rings (SSSR count). The Balaban J connectivity index is 1.66. The summed E-state index contributed by atoms with van der Waals surface area (Å²) in [6.07, 6.45) is 2.60. The molecule has 106 valence electrons. The lowest BCUT2D eigenvalue weighted by Crippen LogP contribution is -2.28. The van der Waals surface area contributed by atoms with E-state index in [0.29, 0.717) is 5.89 Å². The zero-order chi connectivity index (χ0) is 13.8. The van der Waals surface area contributed by atoms with Crippen molar-refractivity contribution in [1.29, 1.82) is 0 Å². The second-order valence-corrected chi connectivity index (χ2v) is 5.05. The maximum atomic E-state index is 5.39. The highest BCUT2D eigenvalue weighted by molar-refractivity contribution is 5.30. The number of aromatic nitrogens is 2. The van der Waals surface area contributed by atoms with Gasteiger partial charge in [0.1, 0.15) is 0 Å². The quantitative estimate of drug-likeness (QED) is 0.845. The summed E-state index contributed by atoms with van der Waals surface area (Å²) in [5.74, 6) is 1.45. The molecule has 1 aliphatic heterocycles. The van der Waals surface area contributed by atoms with Gasteiger partial charge in [-0.25, -0.2) is 0 Å². The number of ether oxygens (including phenoxy) is 1. The molecule has 1 N–H and O–H groups in total. The monoisotopic (exact) mass is 273 g/mol. The number of aryl methyl sites for hydroxylation is 1. The third kappa shape index (κ3) is 2.89. The van der Waals surface area contributed by atoms with Crippen LogP contribution in [-0.2, 0) is 24.1 Å². The molecule has 0 radical (unpaired) electrons. The minimum absolute atomic E-state index is 0.119. The second kappa shape index (κ2) is 6.15. The fourth-order valence-corrected chi connectivity index (χ4v) is 2.51. The molecule has 5 heteroatoms. The van der Waals surface area contributed by atoms with Crippen LogP contribution in [-0.4, -0.2) is 23.9 Å². The number of fused-ring (bicyclic) bond motifs is 1. The maximum absolute atomic E-state index is 5.39. The van der Waals surface area contributed by atoms with Crippen LogP contribution in [0.15, 0.2) is 28.8 Å². The first-order valence-corrected chi connectivity index (χ1v) is 6.98. The van der Waals surface area contributed by atoms with Gasteiger partial charge in [0.15, 0.2) is 5.82 Å². The Morgan fingerprint density at radius 1 is 1.35 bits per heavy atom. The number of benzene rings is 1. The highest BCUT2D eigenvalue weighted by atomic mass is 16.5. The lowest BCUT2D eigenvalue weighted by molar-refractivity contribution is 0.194. The minimum atomic E-state index is 0.119. The van der Waals surface area contributed by atoms with Crippen molar-refractivity contribution in [3.8, 4) is 0 Å². The Kier molecular flexibility index (Phi) is 4.08. The minimum Gasteiger partial charge on any atom is -0.385 e. The van der Waals surface area contributed by atoms with Crippen LogP contribution in [0.4, 0.5) is 0 Å². The fraction of sp³-hybridized carbons (Fsp3) is 0.467. The summed E-state index contributed by atoms with van der Waals surface area (Å²) in [7, 11) is 1.70. The van der Waals surface area contributed by atoms with E-state index in [2.05, 4.69) is 39.7 Å². The molecular formula is C15H19N3O2. The Bertz CT molecular complexity index is 568. The molecule has 2 heterocycles. The van der Waals surface area contributed by atoms with Crippen LogP contribution in [0.1, 0.15) is 35.3 Å². The molecule has 0 saturated carbocycles. The van der Waals surface area contributed by atoms with Crippen molar-refractivity contribution in [2.75, 3.05) is 13.7 Å². The number of rotatable bonds is 5. The molecule has 5 nitrogen and oxygen atoms in total. The van der Waals surface area contributed by atoms with Crippen LogP contribution in [0.3, 0.4) is 0 Å². The summed E-state index contributed by atoms with van der Waals surface area (Å²) in [6.45, 7) is 1.57. The summed E-state index contributed by atoms with van der Waals surface area (Å²) in [5, 5.41) is 7.49. The van der Waals surface area contributed by atoms with Crippen molar-refractivity contribution in [3.63, 3.8) is 0 Å². The third-order valence-electron chi connectivity index (χ3n) is 3.61. The summed E-state index contributed by atoms with van der Waals surface area (Å²) in [6, 6.07) is 8.59. The predicted octanol–water partition coefficient (Wildman–Crippen LogP) is 2.04. The molecule has 0 saturated heterocycles.